The van der Waals surface area contributed by atoms with Crippen LogP contribution in [0.3, 0.4) is 0 Å². The molecule has 0 radical (unpaired) electrons. The maximum absolute atomic E-state index is 9.04. The van der Waals surface area contributed by atoms with Crippen LogP contribution in [-0.2, 0) is 0 Å². The Hall–Kier alpha value is -1.68. The van der Waals surface area contributed by atoms with Crippen molar-refractivity contribution in [3.63, 3.8) is 0 Å². The number of aliphatic hydroxyl groups excluding tert-OH is 1. The number of nitrogens with one attached hydrogen (secondary N) is 2. The first-order chi connectivity index (χ1) is 9.78. The molecule has 0 spiro atoms. The van der Waals surface area contributed by atoms with Gasteiger partial charge in [-0.2, -0.15) is 0 Å². The zero-order valence-corrected chi connectivity index (χ0v) is 11.5. The summed E-state index contributed by atoms with van der Waals surface area (Å²) in [4.78, 5) is 4.37. The van der Waals surface area contributed by atoms with Gasteiger partial charge in [-0.05, 0) is 43.7 Å². The largest absolute Gasteiger partial charge is 0.396 e. The Bertz CT molecular complexity index is 502. The molecule has 2 fully saturated rings. The van der Waals surface area contributed by atoms with E-state index in [1.807, 2.05) is 24.4 Å². The number of pyridine rings is 1. The highest BCUT2D eigenvalue weighted by Gasteiger charge is 2.31. The van der Waals surface area contributed by atoms with E-state index in [0.29, 0.717) is 23.6 Å². The van der Waals surface area contributed by atoms with Crippen molar-refractivity contribution in [1.29, 1.82) is 5.41 Å². The molecule has 0 saturated heterocycles. The van der Waals surface area contributed by atoms with Crippen molar-refractivity contribution in [2.75, 3.05) is 6.61 Å². The molecule has 0 unspecified atom stereocenters. The fraction of sp³-hybridized carbons (Fsp3) is 0.500. The summed E-state index contributed by atoms with van der Waals surface area (Å²) in [5.74, 6) is 0.860. The van der Waals surface area contributed by atoms with Gasteiger partial charge in [0.1, 0.15) is 0 Å². The molecule has 1 aromatic rings. The second-order valence-corrected chi connectivity index (χ2v) is 5.84. The molecule has 20 heavy (non-hydrogen) atoms. The van der Waals surface area contributed by atoms with Crippen LogP contribution in [0.2, 0.25) is 0 Å². The number of rotatable bonds is 6. The van der Waals surface area contributed by atoms with Crippen molar-refractivity contribution >= 4 is 11.3 Å². The smallest absolute Gasteiger partial charge is 0.0734 e. The van der Waals surface area contributed by atoms with E-state index in [-0.39, 0.29) is 6.61 Å². The second kappa shape index (κ2) is 5.75. The molecule has 106 valence electrons. The predicted molar refractivity (Wildman–Crippen MR) is 79.4 cm³/mol. The number of aliphatic hydroxyl groups is 1. The summed E-state index contributed by atoms with van der Waals surface area (Å²) in [5, 5.41) is 20.7. The number of aromatic nitrogens is 1. The van der Waals surface area contributed by atoms with Crippen molar-refractivity contribution in [3.8, 4) is 0 Å². The van der Waals surface area contributed by atoms with Gasteiger partial charge >= 0.3 is 0 Å². The Morgan fingerprint density at radius 1 is 1.40 bits per heavy atom. The van der Waals surface area contributed by atoms with Gasteiger partial charge in [0.25, 0.3) is 0 Å². The Kier molecular flexibility index (Phi) is 3.83. The van der Waals surface area contributed by atoms with E-state index < -0.39 is 0 Å². The lowest BCUT2D eigenvalue weighted by Gasteiger charge is -2.34. The second-order valence-electron chi connectivity index (χ2n) is 5.84. The fourth-order valence-corrected chi connectivity index (χ4v) is 2.63. The Balaban J connectivity index is 1.70. The molecule has 1 heterocycles. The molecule has 0 amide bonds. The summed E-state index contributed by atoms with van der Waals surface area (Å²) in [6.45, 7) is 0.285. The zero-order valence-electron chi connectivity index (χ0n) is 11.5. The number of allylic oxidation sites excluding steroid dienone is 1. The van der Waals surface area contributed by atoms with Gasteiger partial charge < -0.3 is 15.8 Å². The van der Waals surface area contributed by atoms with E-state index in [4.69, 9.17) is 10.5 Å². The summed E-state index contributed by atoms with van der Waals surface area (Å²) in [7, 11) is 0. The summed E-state index contributed by atoms with van der Waals surface area (Å²) >= 11 is 0. The first-order valence-corrected chi connectivity index (χ1v) is 7.35. The monoisotopic (exact) mass is 271 g/mol. The minimum absolute atomic E-state index is 0.285. The van der Waals surface area contributed by atoms with Crippen molar-refractivity contribution in [1.82, 2.24) is 10.3 Å². The molecule has 2 aliphatic carbocycles. The third kappa shape index (κ3) is 2.90. The Morgan fingerprint density at radius 3 is 2.80 bits per heavy atom. The lowest BCUT2D eigenvalue weighted by Crippen LogP contribution is -2.40. The van der Waals surface area contributed by atoms with Crippen LogP contribution < -0.4 is 5.32 Å². The molecule has 4 heteroatoms. The van der Waals surface area contributed by atoms with Crippen molar-refractivity contribution in [2.45, 2.75) is 31.7 Å². The molecular formula is C16H21N3O. The number of hydrogen-bond donors (Lipinski definition) is 3. The topological polar surface area (TPSA) is 69.0 Å². The minimum Gasteiger partial charge on any atom is -0.396 e. The van der Waals surface area contributed by atoms with E-state index in [2.05, 4.69) is 10.3 Å². The van der Waals surface area contributed by atoms with E-state index in [1.54, 1.807) is 6.20 Å². The maximum Gasteiger partial charge on any atom is 0.0734 e. The first kappa shape index (κ1) is 13.3. The molecule has 4 nitrogen and oxygen atoms in total. The molecule has 0 aromatic carbocycles. The summed E-state index contributed by atoms with van der Waals surface area (Å²) in [6, 6.07) is 6.24. The first-order valence-electron chi connectivity index (χ1n) is 7.35. The van der Waals surface area contributed by atoms with Gasteiger partial charge in [0.2, 0.25) is 0 Å². The summed E-state index contributed by atoms with van der Waals surface area (Å²) in [6.07, 6.45) is 8.01. The maximum atomic E-state index is 9.04. The van der Waals surface area contributed by atoms with Crippen LogP contribution >= 0.6 is 0 Å². The third-order valence-electron chi connectivity index (χ3n) is 4.17. The third-order valence-corrected chi connectivity index (χ3v) is 4.17. The van der Waals surface area contributed by atoms with Gasteiger partial charge in [-0.3, -0.25) is 4.98 Å². The van der Waals surface area contributed by atoms with Gasteiger partial charge in [-0.25, -0.2) is 0 Å². The average Bonchev–Trinajstić information content (AvgIpc) is 3.26. The summed E-state index contributed by atoms with van der Waals surface area (Å²) < 4.78 is 0. The van der Waals surface area contributed by atoms with E-state index in [0.717, 1.165) is 37.0 Å². The van der Waals surface area contributed by atoms with Gasteiger partial charge in [0.15, 0.2) is 0 Å². The molecular weight excluding hydrogens is 250 g/mol. The normalized spacial score (nSPS) is 25.9. The average molecular weight is 271 g/mol. The van der Waals surface area contributed by atoms with Crippen LogP contribution in [0, 0.1) is 17.2 Å². The zero-order chi connectivity index (χ0) is 13.9. The highest BCUT2D eigenvalue weighted by atomic mass is 16.3. The van der Waals surface area contributed by atoms with Crippen LogP contribution in [0.15, 0.2) is 30.6 Å². The molecule has 0 aliphatic heterocycles. The van der Waals surface area contributed by atoms with Gasteiger partial charge in [0.05, 0.1) is 5.69 Å². The molecule has 0 bridgehead atoms. The molecule has 3 rings (SSSR count). The fourth-order valence-electron chi connectivity index (χ4n) is 2.63. The highest BCUT2D eigenvalue weighted by Crippen LogP contribution is 2.35. The van der Waals surface area contributed by atoms with Gasteiger partial charge in [0, 0.05) is 42.2 Å². The van der Waals surface area contributed by atoms with Crippen LogP contribution in [-0.4, -0.2) is 28.5 Å². The van der Waals surface area contributed by atoms with E-state index in [1.165, 1.54) is 0 Å². The Labute approximate surface area is 119 Å². The molecule has 3 N–H and O–H groups in total. The predicted octanol–water partition coefficient (Wildman–Crippen LogP) is 2.21. The quantitative estimate of drug-likeness (QED) is 0.695. The van der Waals surface area contributed by atoms with Crippen molar-refractivity contribution in [3.05, 3.63) is 36.3 Å². The lowest BCUT2D eigenvalue weighted by atomic mass is 9.81. The molecule has 2 saturated carbocycles. The molecule has 1 aromatic heterocycles. The van der Waals surface area contributed by atoms with Gasteiger partial charge in [-0.1, -0.05) is 6.07 Å². The SMILES string of the molecule is N=C(/C(=C\NC1CC(CO)C1)c1ccccn1)C1CC1. The lowest BCUT2D eigenvalue weighted by molar-refractivity contribution is 0.133. The standard InChI is InChI=1S/C16H21N3O/c17-16(12-4-5-12)14(15-3-1-2-6-18-15)9-19-13-7-11(8-13)10-20/h1-3,6,9,11-13,17,19-20H,4-5,7-8,10H2/b14-9-,17-16?. The van der Waals surface area contributed by atoms with Crippen LogP contribution in [0.1, 0.15) is 31.4 Å². The van der Waals surface area contributed by atoms with E-state index in [9.17, 15) is 0 Å². The van der Waals surface area contributed by atoms with Crippen LogP contribution in [0.25, 0.3) is 5.57 Å². The Morgan fingerprint density at radius 2 is 2.20 bits per heavy atom. The summed E-state index contributed by atoms with van der Waals surface area (Å²) in [5.41, 5.74) is 2.49. The number of nitrogens with zero attached hydrogens (tertiary/aromatic N) is 1. The van der Waals surface area contributed by atoms with Gasteiger partial charge in [-0.15, -0.1) is 0 Å². The molecule has 0 atom stereocenters. The van der Waals surface area contributed by atoms with Crippen LogP contribution in [0.5, 0.6) is 0 Å². The van der Waals surface area contributed by atoms with Crippen molar-refractivity contribution in [2.24, 2.45) is 11.8 Å². The number of hydrogen-bond acceptors (Lipinski definition) is 4. The van der Waals surface area contributed by atoms with Crippen molar-refractivity contribution < 1.29 is 5.11 Å². The minimum atomic E-state index is 0.285. The van der Waals surface area contributed by atoms with E-state index >= 15 is 0 Å². The molecule has 2 aliphatic rings. The highest BCUT2D eigenvalue weighted by molar-refractivity contribution is 6.23. The van der Waals surface area contributed by atoms with Crippen LogP contribution in [0.4, 0.5) is 0 Å².